The number of hydrogen-bond acceptors (Lipinski definition) is 2. The predicted octanol–water partition coefficient (Wildman–Crippen LogP) is 0.773. The van der Waals surface area contributed by atoms with Crippen LogP contribution >= 0.6 is 0 Å². The Balaban J connectivity index is 2.28. The van der Waals surface area contributed by atoms with E-state index in [2.05, 4.69) is 11.9 Å². The molecule has 1 amide bonds. The van der Waals surface area contributed by atoms with Crippen LogP contribution in [-0.4, -0.2) is 37.0 Å². The summed E-state index contributed by atoms with van der Waals surface area (Å²) in [5.74, 6) is 0.262. The number of amides is 1. The summed E-state index contributed by atoms with van der Waals surface area (Å²) < 4.78 is 0. The number of hydrogen-bond donors (Lipinski definition) is 1. The molecule has 0 spiro atoms. The van der Waals surface area contributed by atoms with Gasteiger partial charge in [-0.2, -0.15) is 0 Å². The molecule has 0 bridgehead atoms. The molecule has 1 saturated heterocycles. The molecule has 0 saturated carbocycles. The van der Waals surface area contributed by atoms with Crippen molar-refractivity contribution < 1.29 is 4.79 Å². The van der Waals surface area contributed by atoms with Crippen LogP contribution in [0.25, 0.3) is 0 Å². The summed E-state index contributed by atoms with van der Waals surface area (Å²) in [6, 6.07) is 0.493. The maximum atomic E-state index is 11.5. The monoisotopic (exact) mass is 182 g/mol. The van der Waals surface area contributed by atoms with Crippen molar-refractivity contribution in [1.29, 1.82) is 0 Å². The zero-order chi connectivity index (χ0) is 9.68. The van der Waals surface area contributed by atoms with E-state index in [9.17, 15) is 4.79 Å². The van der Waals surface area contributed by atoms with Gasteiger partial charge in [0.1, 0.15) is 0 Å². The van der Waals surface area contributed by atoms with E-state index < -0.39 is 0 Å². The van der Waals surface area contributed by atoms with Gasteiger partial charge in [-0.3, -0.25) is 4.79 Å². The Morgan fingerprint density at radius 1 is 1.77 bits per heavy atom. The molecular formula is C10H18N2O. The Morgan fingerprint density at radius 2 is 2.54 bits per heavy atom. The van der Waals surface area contributed by atoms with Gasteiger partial charge in [-0.25, -0.2) is 0 Å². The molecule has 1 N–H and O–H groups in total. The molecular weight excluding hydrogens is 164 g/mol. The lowest BCUT2D eigenvalue weighted by molar-refractivity contribution is -0.130. The number of carbonyl (C=O) groups excluding carboxylic acids is 1. The first-order chi connectivity index (χ1) is 6.27. The molecule has 1 atom stereocenters. The average molecular weight is 182 g/mol. The third kappa shape index (κ3) is 2.84. The van der Waals surface area contributed by atoms with Crippen molar-refractivity contribution in [3.05, 3.63) is 12.7 Å². The SMILES string of the molecule is C=CCCC(=O)N1CCC(NC)C1. The highest BCUT2D eigenvalue weighted by Gasteiger charge is 2.23. The Kier molecular flexibility index (Phi) is 3.96. The molecule has 3 nitrogen and oxygen atoms in total. The first-order valence-electron chi connectivity index (χ1n) is 4.84. The minimum absolute atomic E-state index is 0.262. The van der Waals surface area contributed by atoms with E-state index in [-0.39, 0.29) is 5.91 Å². The van der Waals surface area contributed by atoms with Crippen molar-refractivity contribution in [2.45, 2.75) is 25.3 Å². The second kappa shape index (κ2) is 5.02. The van der Waals surface area contributed by atoms with Gasteiger partial charge in [-0.15, -0.1) is 6.58 Å². The van der Waals surface area contributed by atoms with Gasteiger partial charge in [-0.05, 0) is 19.9 Å². The van der Waals surface area contributed by atoms with Crippen LogP contribution in [0.15, 0.2) is 12.7 Å². The first-order valence-corrected chi connectivity index (χ1v) is 4.84. The maximum Gasteiger partial charge on any atom is 0.222 e. The maximum absolute atomic E-state index is 11.5. The fraction of sp³-hybridized carbons (Fsp3) is 0.700. The average Bonchev–Trinajstić information content (AvgIpc) is 2.62. The van der Waals surface area contributed by atoms with Crippen LogP contribution in [0.3, 0.4) is 0 Å². The van der Waals surface area contributed by atoms with Gasteiger partial charge in [0.05, 0.1) is 0 Å². The van der Waals surface area contributed by atoms with Crippen LogP contribution in [-0.2, 0) is 4.79 Å². The van der Waals surface area contributed by atoms with Crippen LogP contribution in [0.4, 0.5) is 0 Å². The number of nitrogens with zero attached hydrogens (tertiary/aromatic N) is 1. The van der Waals surface area contributed by atoms with E-state index in [4.69, 9.17) is 0 Å². The predicted molar refractivity (Wildman–Crippen MR) is 53.5 cm³/mol. The summed E-state index contributed by atoms with van der Waals surface area (Å²) in [6.45, 7) is 5.38. The highest BCUT2D eigenvalue weighted by molar-refractivity contribution is 5.76. The lowest BCUT2D eigenvalue weighted by atomic mass is 10.3. The third-order valence-corrected chi connectivity index (χ3v) is 2.51. The number of likely N-dealkylation sites (N-methyl/N-ethyl adjacent to an activating group) is 1. The van der Waals surface area contributed by atoms with E-state index in [1.165, 1.54) is 0 Å². The molecule has 13 heavy (non-hydrogen) atoms. The van der Waals surface area contributed by atoms with Crippen LogP contribution in [0.1, 0.15) is 19.3 Å². The van der Waals surface area contributed by atoms with Gasteiger partial charge in [0.15, 0.2) is 0 Å². The number of rotatable bonds is 4. The van der Waals surface area contributed by atoms with Gasteiger partial charge >= 0.3 is 0 Å². The standard InChI is InChI=1S/C10H18N2O/c1-3-4-5-10(13)12-7-6-9(8-12)11-2/h3,9,11H,1,4-8H2,2H3. The minimum Gasteiger partial charge on any atom is -0.341 e. The fourth-order valence-electron chi connectivity index (χ4n) is 1.61. The molecule has 3 heteroatoms. The van der Waals surface area contributed by atoms with E-state index in [0.29, 0.717) is 12.5 Å². The zero-order valence-electron chi connectivity index (χ0n) is 8.25. The summed E-state index contributed by atoms with van der Waals surface area (Å²) in [5.41, 5.74) is 0. The topological polar surface area (TPSA) is 32.3 Å². The molecule has 1 unspecified atom stereocenters. The summed E-state index contributed by atoms with van der Waals surface area (Å²) in [7, 11) is 1.95. The molecule has 1 heterocycles. The zero-order valence-corrected chi connectivity index (χ0v) is 8.25. The molecule has 1 fully saturated rings. The quantitative estimate of drug-likeness (QED) is 0.651. The normalized spacial score (nSPS) is 21.9. The van der Waals surface area contributed by atoms with Gasteiger partial charge < -0.3 is 10.2 Å². The van der Waals surface area contributed by atoms with Crippen LogP contribution in [0, 0.1) is 0 Å². The first kappa shape index (κ1) is 10.3. The van der Waals surface area contributed by atoms with Crippen molar-refractivity contribution in [3.8, 4) is 0 Å². The molecule has 1 aliphatic heterocycles. The molecule has 0 aromatic heterocycles. The molecule has 74 valence electrons. The Bertz CT molecular complexity index is 191. The van der Waals surface area contributed by atoms with Crippen LogP contribution in [0.5, 0.6) is 0 Å². The van der Waals surface area contributed by atoms with Crippen LogP contribution in [0.2, 0.25) is 0 Å². The number of carbonyl (C=O) groups is 1. The van der Waals surface area contributed by atoms with Gasteiger partial charge in [-0.1, -0.05) is 6.08 Å². The number of likely N-dealkylation sites (tertiary alicyclic amines) is 1. The lowest BCUT2D eigenvalue weighted by Gasteiger charge is -2.15. The van der Waals surface area contributed by atoms with Gasteiger partial charge in [0, 0.05) is 25.6 Å². The van der Waals surface area contributed by atoms with E-state index in [0.717, 1.165) is 25.9 Å². The second-order valence-corrected chi connectivity index (χ2v) is 3.44. The number of nitrogens with one attached hydrogen (secondary N) is 1. The van der Waals surface area contributed by atoms with Gasteiger partial charge in [0.2, 0.25) is 5.91 Å². The van der Waals surface area contributed by atoms with E-state index >= 15 is 0 Å². The van der Waals surface area contributed by atoms with Crippen molar-refractivity contribution in [3.63, 3.8) is 0 Å². The second-order valence-electron chi connectivity index (χ2n) is 3.44. The van der Waals surface area contributed by atoms with Gasteiger partial charge in [0.25, 0.3) is 0 Å². The Hall–Kier alpha value is -0.830. The highest BCUT2D eigenvalue weighted by atomic mass is 16.2. The summed E-state index contributed by atoms with van der Waals surface area (Å²) >= 11 is 0. The van der Waals surface area contributed by atoms with E-state index in [1.807, 2.05) is 11.9 Å². The van der Waals surface area contributed by atoms with E-state index in [1.54, 1.807) is 6.08 Å². The fourth-order valence-corrected chi connectivity index (χ4v) is 1.61. The van der Waals surface area contributed by atoms with Crippen molar-refractivity contribution in [2.75, 3.05) is 20.1 Å². The van der Waals surface area contributed by atoms with Crippen molar-refractivity contribution in [1.82, 2.24) is 10.2 Å². The Morgan fingerprint density at radius 3 is 3.08 bits per heavy atom. The third-order valence-electron chi connectivity index (χ3n) is 2.51. The molecule has 0 radical (unpaired) electrons. The van der Waals surface area contributed by atoms with Crippen molar-refractivity contribution >= 4 is 5.91 Å². The molecule has 0 aliphatic carbocycles. The summed E-state index contributed by atoms with van der Waals surface area (Å²) in [6.07, 6.45) is 4.28. The number of allylic oxidation sites excluding steroid dienone is 1. The summed E-state index contributed by atoms with van der Waals surface area (Å²) in [4.78, 5) is 13.5. The van der Waals surface area contributed by atoms with Crippen molar-refractivity contribution in [2.24, 2.45) is 0 Å². The lowest BCUT2D eigenvalue weighted by Crippen LogP contribution is -2.33. The Labute approximate surface area is 79.8 Å². The molecule has 1 rings (SSSR count). The minimum atomic E-state index is 0.262. The summed E-state index contributed by atoms with van der Waals surface area (Å²) in [5, 5.41) is 3.19. The smallest absolute Gasteiger partial charge is 0.222 e. The van der Waals surface area contributed by atoms with Crippen LogP contribution < -0.4 is 5.32 Å². The molecule has 0 aromatic rings. The molecule has 0 aromatic carbocycles. The largest absolute Gasteiger partial charge is 0.341 e. The molecule has 1 aliphatic rings. The highest BCUT2D eigenvalue weighted by Crippen LogP contribution is 2.10.